The summed E-state index contributed by atoms with van der Waals surface area (Å²) < 4.78 is 4.58. The zero-order valence-electron chi connectivity index (χ0n) is 8.33. The number of ether oxygens (including phenoxy) is 1. The van der Waals surface area contributed by atoms with Crippen molar-refractivity contribution in [1.29, 1.82) is 0 Å². The van der Waals surface area contributed by atoms with Crippen LogP contribution in [0.5, 0.6) is 0 Å². The van der Waals surface area contributed by atoms with Gasteiger partial charge in [0.05, 0.1) is 17.6 Å². The van der Waals surface area contributed by atoms with Gasteiger partial charge in [0, 0.05) is 10.4 Å². The fraction of sp³-hybridized carbons (Fsp3) is 0.0909. The van der Waals surface area contributed by atoms with Gasteiger partial charge in [0.2, 0.25) is 0 Å². The Bertz CT molecular complexity index is 569. The Morgan fingerprint density at radius 3 is 2.75 bits per heavy atom. The predicted octanol–water partition coefficient (Wildman–Crippen LogP) is 3.33. The number of nitrogens with zero attached hydrogens (tertiary/aromatic N) is 1. The first kappa shape index (κ1) is 11.2. The van der Waals surface area contributed by atoms with E-state index in [-0.39, 0.29) is 5.69 Å². The molecule has 82 valence electrons. The third kappa shape index (κ3) is 1.96. The maximum absolute atomic E-state index is 11.3. The van der Waals surface area contributed by atoms with Crippen LogP contribution in [0.1, 0.15) is 10.5 Å². The van der Waals surface area contributed by atoms with E-state index < -0.39 is 5.97 Å². The summed E-state index contributed by atoms with van der Waals surface area (Å²) in [7, 11) is 1.30. The van der Waals surface area contributed by atoms with E-state index in [4.69, 9.17) is 23.2 Å². The highest BCUT2D eigenvalue weighted by Gasteiger charge is 2.10. The van der Waals surface area contributed by atoms with Gasteiger partial charge >= 0.3 is 5.97 Å². The standard InChI is InChI=1S/C11H7Cl2NO2/c1-16-11(15)9-3-2-6-4-7(12)5-8(13)10(6)14-9/h2-5H,1H3. The molecule has 0 N–H and O–H groups in total. The number of fused-ring (bicyclic) bond motifs is 1. The Hall–Kier alpha value is -1.32. The molecule has 0 saturated carbocycles. The number of pyridine rings is 1. The van der Waals surface area contributed by atoms with E-state index >= 15 is 0 Å². The van der Waals surface area contributed by atoms with Crippen LogP contribution in [0.15, 0.2) is 24.3 Å². The number of rotatable bonds is 1. The molecule has 0 aliphatic carbocycles. The molecule has 0 aliphatic heterocycles. The van der Waals surface area contributed by atoms with Crippen LogP contribution in [-0.2, 0) is 4.74 Å². The van der Waals surface area contributed by atoms with Gasteiger partial charge in [0.25, 0.3) is 0 Å². The molecule has 0 spiro atoms. The molecule has 16 heavy (non-hydrogen) atoms. The predicted molar refractivity (Wildman–Crippen MR) is 63.1 cm³/mol. The zero-order valence-corrected chi connectivity index (χ0v) is 9.84. The van der Waals surface area contributed by atoms with Crippen LogP contribution in [0, 0.1) is 0 Å². The largest absolute Gasteiger partial charge is 0.464 e. The van der Waals surface area contributed by atoms with Crippen LogP contribution in [-0.4, -0.2) is 18.1 Å². The molecule has 3 nitrogen and oxygen atoms in total. The molecule has 0 bridgehead atoms. The Labute approximate surface area is 102 Å². The molecule has 0 unspecified atom stereocenters. The van der Waals surface area contributed by atoms with Crippen molar-refractivity contribution in [3.63, 3.8) is 0 Å². The fourth-order valence-corrected chi connectivity index (χ4v) is 1.93. The molecule has 0 saturated heterocycles. The highest BCUT2D eigenvalue weighted by atomic mass is 35.5. The number of halogens is 2. The molecular formula is C11H7Cl2NO2. The van der Waals surface area contributed by atoms with Gasteiger partial charge in [-0.2, -0.15) is 0 Å². The fourth-order valence-electron chi connectivity index (χ4n) is 1.38. The van der Waals surface area contributed by atoms with Crippen molar-refractivity contribution in [1.82, 2.24) is 4.98 Å². The molecule has 0 fully saturated rings. The molecule has 0 atom stereocenters. The van der Waals surface area contributed by atoms with Crippen molar-refractivity contribution < 1.29 is 9.53 Å². The second-order valence-corrected chi connectivity index (χ2v) is 3.99. The Morgan fingerprint density at radius 1 is 1.31 bits per heavy atom. The number of hydrogen-bond donors (Lipinski definition) is 0. The number of aromatic nitrogens is 1. The van der Waals surface area contributed by atoms with E-state index in [9.17, 15) is 4.79 Å². The van der Waals surface area contributed by atoms with E-state index in [1.165, 1.54) is 7.11 Å². The lowest BCUT2D eigenvalue weighted by molar-refractivity contribution is 0.0594. The van der Waals surface area contributed by atoms with Gasteiger partial charge in [-0.1, -0.05) is 29.3 Å². The van der Waals surface area contributed by atoms with Gasteiger partial charge in [0.15, 0.2) is 0 Å². The van der Waals surface area contributed by atoms with E-state index in [1.807, 2.05) is 0 Å². The highest BCUT2D eigenvalue weighted by Crippen LogP contribution is 2.26. The SMILES string of the molecule is COC(=O)c1ccc2cc(Cl)cc(Cl)c2n1. The lowest BCUT2D eigenvalue weighted by atomic mass is 10.2. The molecule has 1 heterocycles. The molecule has 5 heteroatoms. The number of esters is 1. The summed E-state index contributed by atoms with van der Waals surface area (Å²) in [6.07, 6.45) is 0. The molecule has 1 aromatic carbocycles. The van der Waals surface area contributed by atoms with Gasteiger partial charge in [-0.05, 0) is 18.2 Å². The minimum absolute atomic E-state index is 0.222. The van der Waals surface area contributed by atoms with Crippen LogP contribution < -0.4 is 0 Å². The Kier molecular flexibility index (Phi) is 2.99. The van der Waals surface area contributed by atoms with Crippen LogP contribution in [0.3, 0.4) is 0 Å². The topological polar surface area (TPSA) is 39.2 Å². The van der Waals surface area contributed by atoms with Crippen molar-refractivity contribution in [3.8, 4) is 0 Å². The average molecular weight is 256 g/mol. The monoisotopic (exact) mass is 255 g/mol. The minimum Gasteiger partial charge on any atom is -0.464 e. The third-order valence-corrected chi connectivity index (χ3v) is 2.61. The first-order chi connectivity index (χ1) is 7.61. The molecular weight excluding hydrogens is 249 g/mol. The van der Waals surface area contributed by atoms with Gasteiger partial charge in [-0.3, -0.25) is 0 Å². The van der Waals surface area contributed by atoms with Crippen LogP contribution in [0.25, 0.3) is 10.9 Å². The lowest BCUT2D eigenvalue weighted by Crippen LogP contribution is -2.03. The summed E-state index contributed by atoms with van der Waals surface area (Å²) in [5, 5.41) is 1.73. The highest BCUT2D eigenvalue weighted by molar-refractivity contribution is 6.38. The first-order valence-electron chi connectivity index (χ1n) is 4.46. The average Bonchev–Trinajstić information content (AvgIpc) is 2.27. The number of methoxy groups -OCH3 is 1. The summed E-state index contributed by atoms with van der Waals surface area (Å²) >= 11 is 11.8. The Morgan fingerprint density at radius 2 is 2.06 bits per heavy atom. The van der Waals surface area contributed by atoms with E-state index in [1.54, 1.807) is 24.3 Å². The quantitative estimate of drug-likeness (QED) is 0.734. The Balaban J connectivity index is 2.66. The minimum atomic E-state index is -0.493. The zero-order chi connectivity index (χ0) is 11.7. The second-order valence-electron chi connectivity index (χ2n) is 3.15. The van der Waals surface area contributed by atoms with Crippen molar-refractivity contribution in [2.45, 2.75) is 0 Å². The number of benzene rings is 1. The van der Waals surface area contributed by atoms with Gasteiger partial charge < -0.3 is 4.74 Å². The summed E-state index contributed by atoms with van der Waals surface area (Å²) in [6.45, 7) is 0. The third-order valence-electron chi connectivity index (χ3n) is 2.11. The van der Waals surface area contributed by atoms with Crippen molar-refractivity contribution in [3.05, 3.63) is 40.0 Å². The molecule has 0 radical (unpaired) electrons. The normalized spacial score (nSPS) is 10.4. The van der Waals surface area contributed by atoms with E-state index in [0.717, 1.165) is 5.39 Å². The summed E-state index contributed by atoms with van der Waals surface area (Å²) in [5.74, 6) is -0.493. The first-order valence-corrected chi connectivity index (χ1v) is 5.21. The molecule has 2 rings (SSSR count). The van der Waals surface area contributed by atoms with E-state index in [0.29, 0.717) is 15.6 Å². The molecule has 2 aromatic rings. The van der Waals surface area contributed by atoms with Crippen molar-refractivity contribution in [2.75, 3.05) is 7.11 Å². The van der Waals surface area contributed by atoms with E-state index in [2.05, 4.69) is 9.72 Å². The number of carbonyl (C=O) groups excluding carboxylic acids is 1. The smallest absolute Gasteiger partial charge is 0.356 e. The lowest BCUT2D eigenvalue weighted by Gasteiger charge is -2.03. The van der Waals surface area contributed by atoms with Crippen LogP contribution in [0.4, 0.5) is 0 Å². The van der Waals surface area contributed by atoms with Crippen molar-refractivity contribution >= 4 is 40.1 Å². The van der Waals surface area contributed by atoms with Gasteiger partial charge in [-0.25, -0.2) is 9.78 Å². The van der Waals surface area contributed by atoms with Crippen LogP contribution >= 0.6 is 23.2 Å². The second kappa shape index (κ2) is 4.28. The van der Waals surface area contributed by atoms with Gasteiger partial charge in [-0.15, -0.1) is 0 Å². The maximum atomic E-state index is 11.3. The van der Waals surface area contributed by atoms with Gasteiger partial charge in [0.1, 0.15) is 5.69 Å². The maximum Gasteiger partial charge on any atom is 0.356 e. The number of carbonyl (C=O) groups is 1. The molecule has 1 aromatic heterocycles. The molecule has 0 amide bonds. The van der Waals surface area contributed by atoms with Crippen molar-refractivity contribution in [2.24, 2.45) is 0 Å². The molecule has 0 aliphatic rings. The van der Waals surface area contributed by atoms with Crippen LogP contribution in [0.2, 0.25) is 10.0 Å². The summed E-state index contributed by atoms with van der Waals surface area (Å²) in [6, 6.07) is 6.61. The summed E-state index contributed by atoms with van der Waals surface area (Å²) in [5.41, 5.74) is 0.758. The number of hydrogen-bond acceptors (Lipinski definition) is 3. The summed E-state index contributed by atoms with van der Waals surface area (Å²) in [4.78, 5) is 15.4.